The van der Waals surface area contributed by atoms with Crippen LogP contribution in [0, 0.1) is 0 Å². The zero-order chi connectivity index (χ0) is 14.0. The summed E-state index contributed by atoms with van der Waals surface area (Å²) in [6.45, 7) is 3.28. The number of hydrogen-bond donors (Lipinski definition) is 3. The van der Waals surface area contributed by atoms with Crippen molar-refractivity contribution in [3.63, 3.8) is 0 Å². The van der Waals surface area contributed by atoms with Crippen molar-refractivity contribution in [3.8, 4) is 0 Å². The van der Waals surface area contributed by atoms with Gasteiger partial charge in [0.2, 0.25) is 0 Å². The Morgan fingerprint density at radius 3 is 2.79 bits per heavy atom. The minimum absolute atomic E-state index is 0.446. The van der Waals surface area contributed by atoms with Crippen molar-refractivity contribution in [2.24, 2.45) is 5.73 Å². The van der Waals surface area contributed by atoms with E-state index in [1.807, 2.05) is 6.92 Å². The number of hydrogen-bond acceptors (Lipinski definition) is 4. The number of nitrogens with zero attached hydrogens (tertiary/aromatic N) is 1. The van der Waals surface area contributed by atoms with Crippen LogP contribution in [-0.2, 0) is 0 Å². The SMILES string of the molecule is CC1(O)CCCN(c2c(N)cccc2C(N)=O)CC1. The van der Waals surface area contributed by atoms with Crippen LogP contribution >= 0.6 is 0 Å². The Labute approximate surface area is 113 Å². The predicted octanol–water partition coefficient (Wildman–Crippen LogP) is 1.11. The summed E-state index contributed by atoms with van der Waals surface area (Å²) in [4.78, 5) is 13.6. The molecule has 5 heteroatoms. The molecule has 0 saturated carbocycles. The number of carbonyl (C=O) groups is 1. The molecule has 1 amide bonds. The first-order chi connectivity index (χ1) is 8.91. The largest absolute Gasteiger partial charge is 0.397 e. The fourth-order valence-electron chi connectivity index (χ4n) is 2.60. The lowest BCUT2D eigenvalue weighted by Gasteiger charge is -2.27. The van der Waals surface area contributed by atoms with Crippen molar-refractivity contribution < 1.29 is 9.90 Å². The molecule has 104 valence electrons. The summed E-state index contributed by atoms with van der Waals surface area (Å²) >= 11 is 0. The molecule has 1 aromatic carbocycles. The number of primary amides is 1. The molecule has 1 saturated heterocycles. The molecule has 0 spiro atoms. The molecule has 1 aromatic rings. The van der Waals surface area contributed by atoms with E-state index in [1.165, 1.54) is 0 Å². The van der Waals surface area contributed by atoms with Crippen molar-refractivity contribution in [2.75, 3.05) is 23.7 Å². The Hall–Kier alpha value is -1.75. The Morgan fingerprint density at radius 1 is 1.37 bits per heavy atom. The number of aliphatic hydroxyl groups is 1. The van der Waals surface area contributed by atoms with Gasteiger partial charge in [-0.3, -0.25) is 4.79 Å². The fraction of sp³-hybridized carbons (Fsp3) is 0.500. The van der Waals surface area contributed by atoms with Crippen LogP contribution < -0.4 is 16.4 Å². The topological polar surface area (TPSA) is 92.6 Å². The van der Waals surface area contributed by atoms with Crippen LogP contribution in [-0.4, -0.2) is 29.7 Å². The van der Waals surface area contributed by atoms with E-state index < -0.39 is 11.5 Å². The normalized spacial score (nSPS) is 24.0. The minimum Gasteiger partial charge on any atom is -0.397 e. The van der Waals surface area contributed by atoms with E-state index in [2.05, 4.69) is 4.90 Å². The van der Waals surface area contributed by atoms with E-state index in [0.29, 0.717) is 29.9 Å². The first-order valence-electron chi connectivity index (χ1n) is 6.56. The van der Waals surface area contributed by atoms with E-state index in [1.54, 1.807) is 18.2 Å². The third kappa shape index (κ3) is 2.98. The highest BCUT2D eigenvalue weighted by atomic mass is 16.3. The van der Waals surface area contributed by atoms with Gasteiger partial charge in [-0.05, 0) is 38.3 Å². The number of amides is 1. The average molecular weight is 263 g/mol. The zero-order valence-corrected chi connectivity index (χ0v) is 11.2. The molecular formula is C14H21N3O2. The predicted molar refractivity (Wildman–Crippen MR) is 76.1 cm³/mol. The third-order valence-corrected chi connectivity index (χ3v) is 3.71. The van der Waals surface area contributed by atoms with Crippen molar-refractivity contribution in [3.05, 3.63) is 23.8 Å². The smallest absolute Gasteiger partial charge is 0.250 e. The van der Waals surface area contributed by atoms with Gasteiger partial charge >= 0.3 is 0 Å². The maximum absolute atomic E-state index is 11.5. The van der Waals surface area contributed by atoms with E-state index in [-0.39, 0.29) is 0 Å². The molecule has 0 aliphatic carbocycles. The number of rotatable bonds is 2. The summed E-state index contributed by atoms with van der Waals surface area (Å²) < 4.78 is 0. The highest BCUT2D eigenvalue weighted by molar-refractivity contribution is 6.01. The quantitative estimate of drug-likeness (QED) is 0.697. The highest BCUT2D eigenvalue weighted by Crippen LogP contribution is 2.31. The summed E-state index contributed by atoms with van der Waals surface area (Å²) in [5.41, 5.74) is 12.5. The second kappa shape index (κ2) is 5.09. The molecule has 0 bridgehead atoms. The monoisotopic (exact) mass is 263 g/mol. The Morgan fingerprint density at radius 2 is 2.11 bits per heavy atom. The summed E-state index contributed by atoms with van der Waals surface area (Å²) in [5, 5.41) is 10.1. The van der Waals surface area contributed by atoms with Gasteiger partial charge in [0.15, 0.2) is 0 Å². The number of carbonyl (C=O) groups excluding carboxylic acids is 1. The van der Waals surface area contributed by atoms with Gasteiger partial charge in [0.1, 0.15) is 0 Å². The molecule has 0 aromatic heterocycles. The van der Waals surface area contributed by atoms with Crippen molar-refractivity contribution in [2.45, 2.75) is 31.8 Å². The number of benzene rings is 1. The van der Waals surface area contributed by atoms with Gasteiger partial charge in [0.05, 0.1) is 22.5 Å². The van der Waals surface area contributed by atoms with E-state index in [0.717, 1.165) is 19.4 Å². The number of para-hydroxylation sites is 1. The molecule has 1 aliphatic heterocycles. The summed E-state index contributed by atoms with van der Waals surface area (Å²) in [5.74, 6) is -0.474. The molecule has 2 rings (SSSR count). The van der Waals surface area contributed by atoms with E-state index >= 15 is 0 Å². The van der Waals surface area contributed by atoms with Crippen molar-refractivity contribution >= 4 is 17.3 Å². The minimum atomic E-state index is -0.648. The van der Waals surface area contributed by atoms with Gasteiger partial charge in [-0.2, -0.15) is 0 Å². The zero-order valence-electron chi connectivity index (χ0n) is 11.2. The summed E-state index contributed by atoms with van der Waals surface area (Å²) in [7, 11) is 0. The van der Waals surface area contributed by atoms with Crippen LogP contribution in [0.15, 0.2) is 18.2 Å². The standard InChI is InChI=1S/C14H21N3O2/c1-14(19)6-3-8-17(9-7-14)12-10(13(16)18)4-2-5-11(12)15/h2,4-5,19H,3,6-9,15H2,1H3,(H2,16,18). The molecule has 1 atom stereocenters. The molecule has 19 heavy (non-hydrogen) atoms. The van der Waals surface area contributed by atoms with Gasteiger partial charge in [0.25, 0.3) is 5.91 Å². The van der Waals surface area contributed by atoms with Crippen LogP contribution in [0.5, 0.6) is 0 Å². The number of nitrogen functional groups attached to an aromatic ring is 1. The van der Waals surface area contributed by atoms with Crippen LogP contribution in [0.25, 0.3) is 0 Å². The van der Waals surface area contributed by atoms with Gasteiger partial charge in [0, 0.05) is 13.1 Å². The van der Waals surface area contributed by atoms with Crippen molar-refractivity contribution in [1.29, 1.82) is 0 Å². The summed E-state index contributed by atoms with van der Waals surface area (Å²) in [6, 6.07) is 5.19. The van der Waals surface area contributed by atoms with Gasteiger partial charge < -0.3 is 21.5 Å². The van der Waals surface area contributed by atoms with E-state index in [9.17, 15) is 9.90 Å². The Bertz CT molecular complexity index is 486. The lowest BCUT2D eigenvalue weighted by Crippen LogP contribution is -2.30. The third-order valence-electron chi connectivity index (χ3n) is 3.71. The first-order valence-corrected chi connectivity index (χ1v) is 6.56. The maximum atomic E-state index is 11.5. The lowest BCUT2D eigenvalue weighted by molar-refractivity contribution is 0.0481. The highest BCUT2D eigenvalue weighted by Gasteiger charge is 2.27. The van der Waals surface area contributed by atoms with Gasteiger partial charge in [-0.1, -0.05) is 6.07 Å². The van der Waals surface area contributed by atoms with Gasteiger partial charge in [-0.15, -0.1) is 0 Å². The second-order valence-corrected chi connectivity index (χ2v) is 5.45. The van der Waals surface area contributed by atoms with Crippen LogP contribution in [0.2, 0.25) is 0 Å². The molecular weight excluding hydrogens is 242 g/mol. The number of nitrogens with two attached hydrogens (primary N) is 2. The second-order valence-electron chi connectivity index (χ2n) is 5.45. The average Bonchev–Trinajstić information content (AvgIpc) is 2.50. The van der Waals surface area contributed by atoms with Crippen molar-refractivity contribution in [1.82, 2.24) is 0 Å². The maximum Gasteiger partial charge on any atom is 0.250 e. The molecule has 1 aliphatic rings. The van der Waals surface area contributed by atoms with E-state index in [4.69, 9.17) is 11.5 Å². The summed E-state index contributed by atoms with van der Waals surface area (Å²) in [6.07, 6.45) is 2.27. The molecule has 5 N–H and O–H groups in total. The van der Waals surface area contributed by atoms with Crippen LogP contribution in [0.4, 0.5) is 11.4 Å². The molecule has 1 fully saturated rings. The lowest BCUT2D eigenvalue weighted by atomic mass is 9.98. The molecule has 1 unspecified atom stereocenters. The fourth-order valence-corrected chi connectivity index (χ4v) is 2.60. The molecule has 1 heterocycles. The van der Waals surface area contributed by atoms with Crippen LogP contribution in [0.1, 0.15) is 36.5 Å². The molecule has 5 nitrogen and oxygen atoms in total. The first kappa shape index (κ1) is 13.7. The van der Waals surface area contributed by atoms with Crippen LogP contribution in [0.3, 0.4) is 0 Å². The number of anilines is 2. The van der Waals surface area contributed by atoms with Gasteiger partial charge in [-0.25, -0.2) is 0 Å². The Kier molecular flexibility index (Phi) is 3.66. The molecule has 0 radical (unpaired) electrons. The Balaban J connectivity index is 2.33.